The maximum Gasteiger partial charge on any atom is 0.227 e. The number of hydrogen-bond acceptors (Lipinski definition) is 3. The van der Waals surface area contributed by atoms with Crippen LogP contribution in [-0.4, -0.2) is 60.5 Å². The number of benzene rings is 2. The molecule has 5 heteroatoms. The van der Waals surface area contributed by atoms with E-state index in [1.807, 2.05) is 28.0 Å². The second kappa shape index (κ2) is 11.5. The topological polar surface area (TPSA) is 49.9 Å². The van der Waals surface area contributed by atoms with Gasteiger partial charge in [-0.2, -0.15) is 0 Å². The van der Waals surface area contributed by atoms with Gasteiger partial charge in [0.2, 0.25) is 11.8 Å². The van der Waals surface area contributed by atoms with Crippen molar-refractivity contribution in [1.82, 2.24) is 9.80 Å². The molecule has 2 aliphatic rings. The van der Waals surface area contributed by atoms with E-state index in [1.54, 1.807) is 0 Å². The van der Waals surface area contributed by atoms with Gasteiger partial charge in [0.05, 0.1) is 12.0 Å². The zero-order valence-electron chi connectivity index (χ0n) is 19.7. The number of nitrogens with zero attached hydrogens (tertiary/aromatic N) is 2. The van der Waals surface area contributed by atoms with Crippen molar-refractivity contribution in [3.63, 3.8) is 0 Å². The van der Waals surface area contributed by atoms with Crippen LogP contribution >= 0.6 is 0 Å². The van der Waals surface area contributed by atoms with Crippen molar-refractivity contribution in [3.05, 3.63) is 60.2 Å². The fourth-order valence-electron chi connectivity index (χ4n) is 4.98. The van der Waals surface area contributed by atoms with Crippen LogP contribution in [-0.2, 0) is 20.7 Å². The lowest BCUT2D eigenvalue weighted by Gasteiger charge is -2.24. The summed E-state index contributed by atoms with van der Waals surface area (Å²) in [7, 11) is 0. The Kier molecular flexibility index (Phi) is 8.16. The van der Waals surface area contributed by atoms with Gasteiger partial charge in [-0.15, -0.1) is 0 Å². The summed E-state index contributed by atoms with van der Waals surface area (Å²) in [6.45, 7) is 5.42. The third-order valence-corrected chi connectivity index (χ3v) is 6.84. The van der Waals surface area contributed by atoms with Crippen LogP contribution in [0.3, 0.4) is 0 Å². The lowest BCUT2D eigenvalue weighted by Crippen LogP contribution is -2.38. The molecule has 2 heterocycles. The standard InChI is InChI=1S/C28H36N2O3/c1-2-16-29-17-18-30(27(31)15-14-26-9-6-19-33-26)21-25(28(29)32)20-22-10-12-24(13-11-22)23-7-4-3-5-8-23/h3-5,7-8,10-13,25-26H,2,6,9,14-21H2,1H3/t25-,26+/m0/s1. The van der Waals surface area contributed by atoms with Gasteiger partial charge in [0.25, 0.3) is 0 Å². The molecular weight excluding hydrogens is 412 g/mol. The van der Waals surface area contributed by atoms with E-state index in [1.165, 1.54) is 11.1 Å². The second-order valence-electron chi connectivity index (χ2n) is 9.30. The van der Waals surface area contributed by atoms with Gasteiger partial charge in [0, 0.05) is 39.2 Å². The fourth-order valence-corrected chi connectivity index (χ4v) is 4.98. The highest BCUT2D eigenvalue weighted by Crippen LogP contribution is 2.23. The Morgan fingerprint density at radius 1 is 1.03 bits per heavy atom. The Morgan fingerprint density at radius 3 is 2.48 bits per heavy atom. The molecule has 33 heavy (non-hydrogen) atoms. The summed E-state index contributed by atoms with van der Waals surface area (Å²) in [5.41, 5.74) is 3.50. The molecule has 0 N–H and O–H groups in total. The van der Waals surface area contributed by atoms with E-state index < -0.39 is 0 Å². The van der Waals surface area contributed by atoms with Crippen molar-refractivity contribution in [2.75, 3.05) is 32.8 Å². The Hall–Kier alpha value is -2.66. The minimum Gasteiger partial charge on any atom is -0.378 e. The van der Waals surface area contributed by atoms with Gasteiger partial charge in [0.15, 0.2) is 0 Å². The smallest absolute Gasteiger partial charge is 0.227 e. The van der Waals surface area contributed by atoms with E-state index in [2.05, 4.69) is 43.3 Å². The van der Waals surface area contributed by atoms with E-state index in [4.69, 9.17) is 4.74 Å². The van der Waals surface area contributed by atoms with Crippen molar-refractivity contribution in [2.45, 2.75) is 51.6 Å². The second-order valence-corrected chi connectivity index (χ2v) is 9.30. The van der Waals surface area contributed by atoms with E-state index in [0.29, 0.717) is 32.5 Å². The maximum atomic E-state index is 13.3. The summed E-state index contributed by atoms with van der Waals surface area (Å²) in [5.74, 6) is 0.132. The first-order valence-electron chi connectivity index (χ1n) is 12.5. The lowest BCUT2D eigenvalue weighted by atomic mass is 9.95. The molecule has 0 aromatic heterocycles. The minimum absolute atomic E-state index is 0.154. The van der Waals surface area contributed by atoms with Crippen LogP contribution in [0.15, 0.2) is 54.6 Å². The number of carbonyl (C=O) groups excluding carboxylic acids is 2. The van der Waals surface area contributed by atoms with Crippen molar-refractivity contribution in [2.24, 2.45) is 5.92 Å². The zero-order valence-corrected chi connectivity index (χ0v) is 19.7. The van der Waals surface area contributed by atoms with E-state index in [-0.39, 0.29) is 23.8 Å². The van der Waals surface area contributed by atoms with Gasteiger partial charge < -0.3 is 14.5 Å². The molecule has 0 spiro atoms. The van der Waals surface area contributed by atoms with Crippen LogP contribution in [0.25, 0.3) is 11.1 Å². The zero-order chi connectivity index (χ0) is 23.0. The van der Waals surface area contributed by atoms with Crippen molar-refractivity contribution in [1.29, 1.82) is 0 Å². The molecule has 176 valence electrons. The molecular formula is C28H36N2O3. The van der Waals surface area contributed by atoms with Gasteiger partial charge in [0.1, 0.15) is 0 Å². The molecule has 2 atom stereocenters. The van der Waals surface area contributed by atoms with Crippen LogP contribution in [0.4, 0.5) is 0 Å². The number of rotatable bonds is 8. The molecule has 2 amide bonds. The van der Waals surface area contributed by atoms with Gasteiger partial charge in [-0.3, -0.25) is 9.59 Å². The molecule has 0 bridgehead atoms. The van der Waals surface area contributed by atoms with Gasteiger partial charge >= 0.3 is 0 Å². The molecule has 4 rings (SSSR count). The Balaban J connectivity index is 1.43. The number of amides is 2. The first-order chi connectivity index (χ1) is 16.1. The van der Waals surface area contributed by atoms with E-state index in [0.717, 1.165) is 44.4 Å². The molecule has 0 aliphatic carbocycles. The number of ether oxygens (including phenoxy) is 1. The lowest BCUT2D eigenvalue weighted by molar-refractivity contribution is -0.135. The molecule has 2 fully saturated rings. The van der Waals surface area contributed by atoms with Crippen molar-refractivity contribution in [3.8, 4) is 11.1 Å². The number of hydrogen-bond donors (Lipinski definition) is 0. The van der Waals surface area contributed by atoms with Crippen LogP contribution in [0.5, 0.6) is 0 Å². The average molecular weight is 449 g/mol. The normalized spacial score (nSPS) is 21.3. The van der Waals surface area contributed by atoms with Crippen LogP contribution < -0.4 is 0 Å². The number of carbonyl (C=O) groups is 2. The van der Waals surface area contributed by atoms with Crippen LogP contribution in [0.1, 0.15) is 44.6 Å². The molecule has 2 saturated heterocycles. The van der Waals surface area contributed by atoms with Crippen molar-refractivity contribution >= 4 is 11.8 Å². The quantitative estimate of drug-likeness (QED) is 0.595. The molecule has 5 nitrogen and oxygen atoms in total. The predicted molar refractivity (Wildman–Crippen MR) is 131 cm³/mol. The molecule has 2 aliphatic heterocycles. The van der Waals surface area contributed by atoms with Crippen LogP contribution in [0.2, 0.25) is 0 Å². The summed E-state index contributed by atoms with van der Waals surface area (Å²) in [6, 6.07) is 18.8. The van der Waals surface area contributed by atoms with Crippen molar-refractivity contribution < 1.29 is 14.3 Å². The minimum atomic E-state index is -0.201. The summed E-state index contributed by atoms with van der Waals surface area (Å²) >= 11 is 0. The molecule has 0 unspecified atom stereocenters. The van der Waals surface area contributed by atoms with Gasteiger partial charge in [-0.1, -0.05) is 61.5 Å². The summed E-state index contributed by atoms with van der Waals surface area (Å²) in [5, 5.41) is 0. The highest BCUT2D eigenvalue weighted by atomic mass is 16.5. The van der Waals surface area contributed by atoms with E-state index in [9.17, 15) is 9.59 Å². The average Bonchev–Trinajstić information content (AvgIpc) is 3.33. The molecule has 0 radical (unpaired) electrons. The first kappa shape index (κ1) is 23.5. The van der Waals surface area contributed by atoms with Crippen LogP contribution in [0, 0.1) is 5.92 Å². The molecule has 2 aromatic carbocycles. The maximum absolute atomic E-state index is 13.3. The fraction of sp³-hybridized carbons (Fsp3) is 0.500. The summed E-state index contributed by atoms with van der Waals surface area (Å²) in [6.07, 6.45) is 5.24. The first-order valence-corrected chi connectivity index (χ1v) is 12.5. The molecule has 2 aromatic rings. The summed E-state index contributed by atoms with van der Waals surface area (Å²) < 4.78 is 5.69. The van der Waals surface area contributed by atoms with Gasteiger partial charge in [-0.25, -0.2) is 0 Å². The summed E-state index contributed by atoms with van der Waals surface area (Å²) in [4.78, 5) is 30.2. The third kappa shape index (κ3) is 6.23. The highest BCUT2D eigenvalue weighted by molar-refractivity contribution is 5.82. The highest BCUT2D eigenvalue weighted by Gasteiger charge is 2.32. The van der Waals surface area contributed by atoms with E-state index >= 15 is 0 Å². The molecule has 0 saturated carbocycles. The largest absolute Gasteiger partial charge is 0.378 e. The van der Waals surface area contributed by atoms with Gasteiger partial charge in [-0.05, 0) is 48.8 Å². The SMILES string of the molecule is CCCN1CCN(C(=O)CC[C@H]2CCCO2)C[C@H](Cc2ccc(-c3ccccc3)cc2)C1=O. The third-order valence-electron chi connectivity index (χ3n) is 6.84. The monoisotopic (exact) mass is 448 g/mol. The predicted octanol–water partition coefficient (Wildman–Crippen LogP) is 4.55. The Labute approximate surface area is 197 Å². The Bertz CT molecular complexity index is 906. The Morgan fingerprint density at radius 2 is 1.79 bits per heavy atom.